The van der Waals surface area contributed by atoms with Gasteiger partial charge in [0.1, 0.15) is 0 Å². The van der Waals surface area contributed by atoms with Gasteiger partial charge in [-0.1, -0.05) is 18.6 Å². The summed E-state index contributed by atoms with van der Waals surface area (Å²) in [7, 11) is -3.13. The smallest absolute Gasteiger partial charge is 0.211 e. The molecule has 0 saturated carbocycles. The second kappa shape index (κ2) is 6.47. The van der Waals surface area contributed by atoms with Crippen LogP contribution in [0.1, 0.15) is 40.0 Å². The van der Waals surface area contributed by atoms with Crippen molar-refractivity contribution < 1.29 is 13.2 Å². The van der Waals surface area contributed by atoms with Gasteiger partial charge in [-0.05, 0) is 33.1 Å². The minimum atomic E-state index is -3.13. The summed E-state index contributed by atoms with van der Waals surface area (Å²) >= 11 is 0. The molecule has 1 spiro atoms. The van der Waals surface area contributed by atoms with E-state index >= 15 is 0 Å². The monoisotopic (exact) mass is 342 g/mol. The zero-order chi connectivity index (χ0) is 16.7. The Morgan fingerprint density at radius 3 is 2.91 bits per heavy atom. The molecule has 4 atom stereocenters. The molecule has 0 aromatic carbocycles. The second-order valence-electron chi connectivity index (χ2n) is 7.67. The fraction of sp³-hybridized carbons (Fsp3) is 0.882. The van der Waals surface area contributed by atoms with Crippen molar-refractivity contribution in [1.29, 1.82) is 0 Å². The Labute approximate surface area is 140 Å². The molecule has 0 radical (unpaired) electrons. The maximum atomic E-state index is 12.0. The minimum absolute atomic E-state index is 0.0129. The SMILES string of the molecule is CCCS(=O)(=O)NC[C@H]1[C@H]2CN(CC=C(C)C)C[C@]23CC[C@H]1O3. The van der Waals surface area contributed by atoms with Gasteiger partial charge in [0.25, 0.3) is 0 Å². The van der Waals surface area contributed by atoms with E-state index < -0.39 is 10.0 Å². The van der Waals surface area contributed by atoms with E-state index in [1.165, 1.54) is 5.57 Å². The van der Waals surface area contributed by atoms with E-state index in [4.69, 9.17) is 4.74 Å². The number of hydrogen-bond acceptors (Lipinski definition) is 4. The normalized spacial score (nSPS) is 36.4. The van der Waals surface area contributed by atoms with Gasteiger partial charge in [0.15, 0.2) is 0 Å². The van der Waals surface area contributed by atoms with Gasteiger partial charge < -0.3 is 4.74 Å². The van der Waals surface area contributed by atoms with Crippen LogP contribution < -0.4 is 4.72 Å². The first-order chi connectivity index (χ1) is 10.9. The van der Waals surface area contributed by atoms with Crippen LogP contribution in [0.25, 0.3) is 0 Å². The summed E-state index contributed by atoms with van der Waals surface area (Å²) in [5, 5.41) is 0. The highest BCUT2D eigenvalue weighted by atomic mass is 32.2. The van der Waals surface area contributed by atoms with E-state index in [1.54, 1.807) is 0 Å². The first-order valence-electron chi connectivity index (χ1n) is 8.86. The maximum absolute atomic E-state index is 12.0. The first kappa shape index (κ1) is 17.4. The molecule has 3 aliphatic rings. The van der Waals surface area contributed by atoms with Crippen LogP contribution >= 0.6 is 0 Å². The molecular formula is C17H30N2O3S. The molecule has 5 nitrogen and oxygen atoms in total. The molecule has 3 heterocycles. The summed E-state index contributed by atoms with van der Waals surface area (Å²) < 4.78 is 33.1. The molecule has 23 heavy (non-hydrogen) atoms. The van der Waals surface area contributed by atoms with Crippen molar-refractivity contribution in [3.8, 4) is 0 Å². The molecule has 132 valence electrons. The highest BCUT2D eigenvalue weighted by Gasteiger charge is 2.62. The topological polar surface area (TPSA) is 58.6 Å². The Bertz CT molecular complexity index is 570. The Balaban J connectivity index is 1.64. The Morgan fingerprint density at radius 2 is 2.22 bits per heavy atom. The third kappa shape index (κ3) is 3.50. The van der Waals surface area contributed by atoms with Gasteiger partial charge in [0, 0.05) is 38.0 Å². The van der Waals surface area contributed by atoms with Crippen LogP contribution in [0.3, 0.4) is 0 Å². The van der Waals surface area contributed by atoms with Crippen LogP contribution in [0.2, 0.25) is 0 Å². The fourth-order valence-corrected chi connectivity index (χ4v) is 5.70. The number of hydrogen-bond donors (Lipinski definition) is 1. The quantitative estimate of drug-likeness (QED) is 0.716. The molecular weight excluding hydrogens is 312 g/mol. The van der Waals surface area contributed by atoms with E-state index in [1.807, 2.05) is 6.92 Å². The Kier molecular flexibility index (Phi) is 4.89. The Morgan fingerprint density at radius 1 is 1.43 bits per heavy atom. The minimum Gasteiger partial charge on any atom is -0.370 e. The number of fused-ring (bicyclic) bond motifs is 1. The number of likely N-dealkylation sites (tertiary alicyclic amines) is 1. The second-order valence-corrected chi connectivity index (χ2v) is 9.60. The molecule has 0 unspecified atom stereocenters. The van der Waals surface area contributed by atoms with Crippen molar-refractivity contribution >= 4 is 10.0 Å². The lowest BCUT2D eigenvalue weighted by molar-refractivity contribution is 0.00371. The van der Waals surface area contributed by atoms with Crippen molar-refractivity contribution in [3.05, 3.63) is 11.6 Å². The van der Waals surface area contributed by atoms with Crippen molar-refractivity contribution in [3.63, 3.8) is 0 Å². The molecule has 0 aliphatic carbocycles. The van der Waals surface area contributed by atoms with Gasteiger partial charge in [0.2, 0.25) is 10.0 Å². The molecule has 3 fully saturated rings. The van der Waals surface area contributed by atoms with Crippen molar-refractivity contribution in [2.75, 3.05) is 31.9 Å². The summed E-state index contributed by atoms with van der Waals surface area (Å²) in [6, 6.07) is 0. The predicted octanol–water partition coefficient (Wildman–Crippen LogP) is 1.76. The average Bonchev–Trinajstić information content (AvgIpc) is 3.10. The van der Waals surface area contributed by atoms with Gasteiger partial charge >= 0.3 is 0 Å². The largest absolute Gasteiger partial charge is 0.370 e. The molecule has 3 rings (SSSR count). The van der Waals surface area contributed by atoms with Gasteiger partial charge in [-0.15, -0.1) is 0 Å². The molecule has 1 N–H and O–H groups in total. The summed E-state index contributed by atoms with van der Waals surface area (Å²) in [5.74, 6) is 1.01. The molecule has 0 amide bonds. The summed E-state index contributed by atoms with van der Waals surface area (Å²) in [4.78, 5) is 2.47. The highest BCUT2D eigenvalue weighted by Crippen LogP contribution is 2.54. The summed E-state index contributed by atoms with van der Waals surface area (Å²) in [6.45, 7) is 9.69. The van der Waals surface area contributed by atoms with E-state index in [0.29, 0.717) is 24.8 Å². The van der Waals surface area contributed by atoms with E-state index in [-0.39, 0.29) is 17.5 Å². The average molecular weight is 343 g/mol. The molecule has 6 heteroatoms. The number of ether oxygens (including phenoxy) is 1. The number of sulfonamides is 1. The fourth-order valence-electron chi connectivity index (χ4n) is 4.57. The van der Waals surface area contributed by atoms with Crippen LogP contribution in [0, 0.1) is 11.8 Å². The lowest BCUT2D eigenvalue weighted by Crippen LogP contribution is -2.42. The van der Waals surface area contributed by atoms with Crippen molar-refractivity contribution in [2.24, 2.45) is 11.8 Å². The zero-order valence-electron chi connectivity index (χ0n) is 14.5. The summed E-state index contributed by atoms with van der Waals surface area (Å²) in [6.07, 6.45) is 5.38. The van der Waals surface area contributed by atoms with E-state index in [9.17, 15) is 8.42 Å². The standard InChI is InChI=1S/C17H30N2O3S/c1-4-9-23(20,21)18-10-14-15-11-19(8-6-13(2)3)12-17(15)7-5-16(14)22-17/h6,14-16,18H,4-5,7-12H2,1-3H3/t14-,15+,16+,17+/m0/s1. The predicted molar refractivity (Wildman–Crippen MR) is 91.8 cm³/mol. The number of nitrogens with zero attached hydrogens (tertiary/aromatic N) is 1. The van der Waals surface area contributed by atoms with E-state index in [0.717, 1.165) is 32.5 Å². The lowest BCUT2D eigenvalue weighted by atomic mass is 9.74. The molecule has 3 saturated heterocycles. The third-order valence-electron chi connectivity index (χ3n) is 5.62. The number of rotatable bonds is 7. The van der Waals surface area contributed by atoms with Crippen LogP contribution in [0.5, 0.6) is 0 Å². The zero-order valence-corrected chi connectivity index (χ0v) is 15.4. The lowest BCUT2D eigenvalue weighted by Gasteiger charge is -2.29. The van der Waals surface area contributed by atoms with Crippen LogP contribution in [-0.4, -0.2) is 57.0 Å². The van der Waals surface area contributed by atoms with Gasteiger partial charge in [0.05, 0.1) is 17.5 Å². The van der Waals surface area contributed by atoms with Gasteiger partial charge in [-0.25, -0.2) is 13.1 Å². The van der Waals surface area contributed by atoms with Gasteiger partial charge in [-0.3, -0.25) is 4.90 Å². The number of nitrogens with one attached hydrogen (secondary N) is 1. The summed E-state index contributed by atoms with van der Waals surface area (Å²) in [5.41, 5.74) is 1.33. The number of allylic oxidation sites excluding steroid dienone is 1. The van der Waals surface area contributed by atoms with Crippen molar-refractivity contribution in [2.45, 2.75) is 51.7 Å². The molecule has 3 aliphatic heterocycles. The molecule has 0 aromatic heterocycles. The van der Waals surface area contributed by atoms with Crippen LogP contribution in [-0.2, 0) is 14.8 Å². The Hall–Kier alpha value is -0.430. The molecule has 2 bridgehead atoms. The van der Waals surface area contributed by atoms with E-state index in [2.05, 4.69) is 29.5 Å². The maximum Gasteiger partial charge on any atom is 0.211 e. The highest BCUT2D eigenvalue weighted by molar-refractivity contribution is 7.89. The van der Waals surface area contributed by atoms with Crippen molar-refractivity contribution in [1.82, 2.24) is 9.62 Å². The van der Waals surface area contributed by atoms with Crippen LogP contribution in [0.15, 0.2) is 11.6 Å². The van der Waals surface area contributed by atoms with Crippen LogP contribution in [0.4, 0.5) is 0 Å². The molecule has 0 aromatic rings. The third-order valence-corrected chi connectivity index (χ3v) is 7.18. The first-order valence-corrected chi connectivity index (χ1v) is 10.5. The van der Waals surface area contributed by atoms with Gasteiger partial charge in [-0.2, -0.15) is 0 Å².